The molecule has 2 saturated heterocycles. The molecule has 2 unspecified atom stereocenters. The largest absolute Gasteiger partial charge is 0.484 e. The molecular formula is C15H14F5NO2. The molecule has 3 rings (SSSR count). The molecule has 1 aromatic carbocycles. The highest BCUT2D eigenvalue weighted by Gasteiger charge is 2.43. The normalized spacial score (nSPS) is 26.5. The Morgan fingerprint density at radius 1 is 0.913 bits per heavy atom. The van der Waals surface area contributed by atoms with Gasteiger partial charge in [-0.15, -0.1) is 0 Å². The molecule has 0 saturated carbocycles. The summed E-state index contributed by atoms with van der Waals surface area (Å²) in [5.41, 5.74) is 0. The van der Waals surface area contributed by atoms with E-state index < -0.39 is 40.9 Å². The first-order chi connectivity index (χ1) is 10.8. The second-order valence-electron chi connectivity index (χ2n) is 5.92. The molecule has 1 amide bonds. The average molecular weight is 335 g/mol. The molecule has 2 bridgehead atoms. The van der Waals surface area contributed by atoms with E-state index in [1.165, 1.54) is 6.92 Å². The van der Waals surface area contributed by atoms with Gasteiger partial charge < -0.3 is 9.64 Å². The molecule has 0 aromatic heterocycles. The highest BCUT2D eigenvalue weighted by Crippen LogP contribution is 2.38. The summed E-state index contributed by atoms with van der Waals surface area (Å²) in [6.45, 7) is 1.44. The molecule has 0 spiro atoms. The highest BCUT2D eigenvalue weighted by atomic mass is 19.2. The van der Waals surface area contributed by atoms with Crippen LogP contribution in [0.4, 0.5) is 22.0 Å². The van der Waals surface area contributed by atoms with Crippen molar-refractivity contribution >= 4 is 5.91 Å². The number of rotatable bonds is 2. The fourth-order valence-corrected chi connectivity index (χ4v) is 3.59. The van der Waals surface area contributed by atoms with Gasteiger partial charge >= 0.3 is 0 Å². The van der Waals surface area contributed by atoms with E-state index in [1.54, 1.807) is 4.90 Å². The molecule has 0 aliphatic carbocycles. The fraction of sp³-hybridized carbons (Fsp3) is 0.533. The van der Waals surface area contributed by atoms with Crippen molar-refractivity contribution in [3.63, 3.8) is 0 Å². The van der Waals surface area contributed by atoms with E-state index in [0.29, 0.717) is 12.8 Å². The number of carbonyl (C=O) groups excluding carboxylic acids is 1. The van der Waals surface area contributed by atoms with Crippen LogP contribution in [0.2, 0.25) is 0 Å². The topological polar surface area (TPSA) is 29.5 Å². The molecule has 0 N–H and O–H groups in total. The van der Waals surface area contributed by atoms with Crippen molar-refractivity contribution in [2.24, 2.45) is 0 Å². The van der Waals surface area contributed by atoms with E-state index in [0.717, 1.165) is 12.8 Å². The molecule has 2 aliphatic rings. The fourth-order valence-electron chi connectivity index (χ4n) is 3.59. The van der Waals surface area contributed by atoms with Crippen molar-refractivity contribution in [1.82, 2.24) is 4.90 Å². The van der Waals surface area contributed by atoms with Gasteiger partial charge in [0.25, 0.3) is 0 Å². The lowest BCUT2D eigenvalue weighted by molar-refractivity contribution is -0.134. The Balaban J connectivity index is 1.84. The number of hydrogen-bond acceptors (Lipinski definition) is 2. The van der Waals surface area contributed by atoms with Crippen LogP contribution in [0.25, 0.3) is 0 Å². The lowest BCUT2D eigenvalue weighted by Gasteiger charge is -2.38. The number of ether oxygens (including phenoxy) is 1. The molecule has 0 radical (unpaired) electrons. The van der Waals surface area contributed by atoms with Gasteiger partial charge in [-0.3, -0.25) is 4.79 Å². The number of nitrogens with zero attached hydrogens (tertiary/aromatic N) is 1. The van der Waals surface area contributed by atoms with Gasteiger partial charge in [-0.25, -0.2) is 13.2 Å². The first kappa shape index (κ1) is 16.0. The SMILES string of the molecule is CC(=O)N1C2CCC1CC(Oc1c(F)c(F)c(F)c(F)c1F)C2. The third kappa shape index (κ3) is 2.53. The third-order valence-electron chi connectivity index (χ3n) is 4.51. The van der Waals surface area contributed by atoms with Crippen LogP contribution in [-0.4, -0.2) is 29.0 Å². The van der Waals surface area contributed by atoms with E-state index in [1.807, 2.05) is 0 Å². The highest BCUT2D eigenvalue weighted by molar-refractivity contribution is 5.74. The lowest BCUT2D eigenvalue weighted by Crippen LogP contribution is -2.48. The molecule has 8 heteroatoms. The van der Waals surface area contributed by atoms with Gasteiger partial charge in [0, 0.05) is 31.8 Å². The monoisotopic (exact) mass is 335 g/mol. The molecule has 2 atom stereocenters. The van der Waals surface area contributed by atoms with Crippen molar-refractivity contribution in [2.45, 2.75) is 50.8 Å². The van der Waals surface area contributed by atoms with Gasteiger partial charge in [-0.05, 0) is 12.8 Å². The maximum atomic E-state index is 13.7. The van der Waals surface area contributed by atoms with Crippen LogP contribution in [0.1, 0.15) is 32.6 Å². The summed E-state index contributed by atoms with van der Waals surface area (Å²) in [6, 6.07) is -0.255. The molecule has 1 aromatic rings. The first-order valence-electron chi connectivity index (χ1n) is 7.28. The molecular weight excluding hydrogens is 321 g/mol. The summed E-state index contributed by atoms with van der Waals surface area (Å²) < 4.78 is 71.8. The number of benzene rings is 1. The van der Waals surface area contributed by atoms with E-state index in [9.17, 15) is 26.7 Å². The van der Waals surface area contributed by atoms with Gasteiger partial charge in [0.05, 0.1) is 0 Å². The predicted molar refractivity (Wildman–Crippen MR) is 69.2 cm³/mol. The van der Waals surface area contributed by atoms with Gasteiger partial charge in [0.1, 0.15) is 6.10 Å². The van der Waals surface area contributed by atoms with E-state index in [-0.39, 0.29) is 18.0 Å². The van der Waals surface area contributed by atoms with Crippen LogP contribution < -0.4 is 4.74 Å². The summed E-state index contributed by atoms with van der Waals surface area (Å²) in [5, 5.41) is 0. The van der Waals surface area contributed by atoms with Gasteiger partial charge in [-0.1, -0.05) is 0 Å². The Kier molecular flexibility index (Phi) is 3.93. The van der Waals surface area contributed by atoms with Crippen LogP contribution >= 0.6 is 0 Å². The van der Waals surface area contributed by atoms with E-state index in [4.69, 9.17) is 4.74 Å². The number of piperidine rings is 1. The zero-order chi connectivity index (χ0) is 16.9. The van der Waals surface area contributed by atoms with Crippen molar-refractivity contribution in [2.75, 3.05) is 0 Å². The summed E-state index contributed by atoms with van der Waals surface area (Å²) in [5.74, 6) is -11.5. The van der Waals surface area contributed by atoms with Gasteiger partial charge in [0.2, 0.25) is 35.0 Å². The lowest BCUT2D eigenvalue weighted by atomic mass is 9.99. The number of hydrogen-bond donors (Lipinski definition) is 0. The minimum Gasteiger partial charge on any atom is -0.484 e. The maximum absolute atomic E-state index is 13.7. The summed E-state index contributed by atoms with van der Waals surface area (Å²) in [4.78, 5) is 13.3. The Bertz CT molecular complexity index is 623. The molecule has 3 nitrogen and oxygen atoms in total. The van der Waals surface area contributed by atoms with Crippen LogP contribution in [0.15, 0.2) is 0 Å². The van der Waals surface area contributed by atoms with Gasteiger partial charge in [0.15, 0.2) is 5.75 Å². The quantitative estimate of drug-likeness (QED) is 0.471. The third-order valence-corrected chi connectivity index (χ3v) is 4.51. The second-order valence-corrected chi connectivity index (χ2v) is 5.92. The van der Waals surface area contributed by atoms with Crippen LogP contribution in [0, 0.1) is 29.1 Å². The first-order valence-corrected chi connectivity index (χ1v) is 7.28. The Hall–Kier alpha value is -1.86. The standard InChI is InChI=1S/C15H14F5NO2/c1-6(22)21-7-2-3-8(21)5-9(4-7)23-15-13(19)11(17)10(16)12(18)14(15)20/h7-9H,2-5H2,1H3. The zero-order valence-electron chi connectivity index (χ0n) is 12.2. The minimum atomic E-state index is -2.21. The van der Waals surface area contributed by atoms with Crippen LogP contribution in [0.3, 0.4) is 0 Å². The second kappa shape index (κ2) is 5.65. The van der Waals surface area contributed by atoms with E-state index >= 15 is 0 Å². The maximum Gasteiger partial charge on any atom is 0.219 e. The molecule has 2 heterocycles. The van der Waals surface area contributed by atoms with Crippen LogP contribution in [0.5, 0.6) is 5.75 Å². The number of carbonyl (C=O) groups is 1. The van der Waals surface area contributed by atoms with Crippen molar-refractivity contribution < 1.29 is 31.5 Å². The Labute approximate surface area is 129 Å². The van der Waals surface area contributed by atoms with Crippen molar-refractivity contribution in [3.05, 3.63) is 29.1 Å². The molecule has 2 aliphatic heterocycles. The van der Waals surface area contributed by atoms with Gasteiger partial charge in [-0.2, -0.15) is 8.78 Å². The average Bonchev–Trinajstić information content (AvgIpc) is 2.79. The molecule has 2 fully saturated rings. The zero-order valence-corrected chi connectivity index (χ0v) is 12.2. The minimum absolute atomic E-state index is 0.0906. The molecule has 126 valence electrons. The van der Waals surface area contributed by atoms with Crippen LogP contribution in [-0.2, 0) is 4.79 Å². The summed E-state index contributed by atoms with van der Waals surface area (Å²) >= 11 is 0. The number of halogens is 5. The molecule has 23 heavy (non-hydrogen) atoms. The Morgan fingerprint density at radius 3 is 1.78 bits per heavy atom. The van der Waals surface area contributed by atoms with Crippen molar-refractivity contribution in [3.8, 4) is 5.75 Å². The number of fused-ring (bicyclic) bond motifs is 2. The smallest absolute Gasteiger partial charge is 0.219 e. The van der Waals surface area contributed by atoms with Crippen molar-refractivity contribution in [1.29, 1.82) is 0 Å². The number of amides is 1. The Morgan fingerprint density at radius 2 is 1.35 bits per heavy atom. The summed E-state index contributed by atoms with van der Waals surface area (Å²) in [6.07, 6.45) is 1.38. The van der Waals surface area contributed by atoms with E-state index in [2.05, 4.69) is 0 Å². The summed E-state index contributed by atoms with van der Waals surface area (Å²) in [7, 11) is 0. The predicted octanol–water partition coefficient (Wildman–Crippen LogP) is 3.30.